The Morgan fingerprint density at radius 2 is 2.40 bits per heavy atom. The van der Waals surface area contributed by atoms with Gasteiger partial charge in [-0.1, -0.05) is 6.07 Å². The van der Waals surface area contributed by atoms with Gasteiger partial charge in [-0.2, -0.15) is 0 Å². The van der Waals surface area contributed by atoms with Gasteiger partial charge in [-0.05, 0) is 11.6 Å². The minimum Gasteiger partial charge on any atom is -0.338 e. The summed E-state index contributed by atoms with van der Waals surface area (Å²) in [5.41, 5.74) is 0.919. The molecule has 2 unspecified atom stereocenters. The molecule has 1 aliphatic rings. The van der Waals surface area contributed by atoms with Crippen molar-refractivity contribution in [2.45, 2.75) is 12.5 Å². The molecule has 4 nitrogen and oxygen atoms in total. The number of likely N-dealkylation sites (tertiary alicyclic amines) is 1. The number of amides is 1. The molecule has 2 rings (SSSR count). The molecular formula is C11H12N2O2. The molecule has 4 heteroatoms. The Hall–Kier alpha value is -1.71. The summed E-state index contributed by atoms with van der Waals surface area (Å²) in [4.78, 5) is 28.0. The van der Waals surface area contributed by atoms with Crippen molar-refractivity contribution in [2.75, 3.05) is 7.05 Å². The molecule has 78 valence electrons. The van der Waals surface area contributed by atoms with E-state index in [1.165, 1.54) is 0 Å². The van der Waals surface area contributed by atoms with Crippen LogP contribution in [-0.4, -0.2) is 29.1 Å². The van der Waals surface area contributed by atoms with Crippen LogP contribution in [-0.2, 0) is 9.59 Å². The zero-order chi connectivity index (χ0) is 10.8. The first kappa shape index (κ1) is 9.83. The molecule has 1 saturated heterocycles. The number of nitrogens with zero attached hydrogens (tertiary/aromatic N) is 2. The van der Waals surface area contributed by atoms with E-state index in [4.69, 9.17) is 0 Å². The molecule has 0 aliphatic carbocycles. The van der Waals surface area contributed by atoms with Gasteiger partial charge in [-0.25, -0.2) is 0 Å². The first-order chi connectivity index (χ1) is 7.24. The molecule has 1 aromatic heterocycles. The molecule has 0 radical (unpaired) electrons. The van der Waals surface area contributed by atoms with Crippen molar-refractivity contribution in [3.63, 3.8) is 0 Å². The van der Waals surface area contributed by atoms with Crippen LogP contribution in [0.25, 0.3) is 0 Å². The third kappa shape index (κ3) is 1.63. The fourth-order valence-corrected chi connectivity index (χ4v) is 2.04. The van der Waals surface area contributed by atoms with Gasteiger partial charge in [0, 0.05) is 31.8 Å². The molecule has 0 N–H and O–H groups in total. The van der Waals surface area contributed by atoms with Crippen LogP contribution in [0.4, 0.5) is 0 Å². The Balaban J connectivity index is 2.34. The summed E-state index contributed by atoms with van der Waals surface area (Å²) in [5, 5.41) is 0. The number of hydrogen-bond acceptors (Lipinski definition) is 3. The van der Waals surface area contributed by atoms with Crippen LogP contribution in [0.1, 0.15) is 18.0 Å². The highest BCUT2D eigenvalue weighted by Gasteiger charge is 2.38. The standard InChI is InChI=1S/C11H12N2O2/c1-13-10(15)5-9(7-14)11(13)8-3-2-4-12-6-8/h2-4,6-7,9,11H,5H2,1H3. The van der Waals surface area contributed by atoms with Crippen LogP contribution in [0.3, 0.4) is 0 Å². The Labute approximate surface area is 87.9 Å². The van der Waals surface area contributed by atoms with Gasteiger partial charge in [0.25, 0.3) is 0 Å². The van der Waals surface area contributed by atoms with E-state index < -0.39 is 0 Å². The van der Waals surface area contributed by atoms with E-state index in [0.717, 1.165) is 11.8 Å². The highest BCUT2D eigenvalue weighted by molar-refractivity contribution is 5.83. The first-order valence-electron chi connectivity index (χ1n) is 4.85. The maximum Gasteiger partial charge on any atom is 0.223 e. The number of aromatic nitrogens is 1. The molecule has 0 aromatic carbocycles. The highest BCUT2D eigenvalue weighted by Crippen LogP contribution is 2.34. The van der Waals surface area contributed by atoms with Crippen LogP contribution in [0.5, 0.6) is 0 Å². The van der Waals surface area contributed by atoms with Crippen molar-refractivity contribution < 1.29 is 9.59 Å². The zero-order valence-electron chi connectivity index (χ0n) is 8.46. The van der Waals surface area contributed by atoms with Gasteiger partial charge in [-0.15, -0.1) is 0 Å². The first-order valence-corrected chi connectivity index (χ1v) is 4.85. The van der Waals surface area contributed by atoms with Gasteiger partial charge in [0.1, 0.15) is 6.29 Å². The van der Waals surface area contributed by atoms with Gasteiger partial charge in [0.2, 0.25) is 5.91 Å². The van der Waals surface area contributed by atoms with Gasteiger partial charge in [0.15, 0.2) is 0 Å². The summed E-state index contributed by atoms with van der Waals surface area (Å²) in [7, 11) is 1.73. The maximum atomic E-state index is 11.5. The predicted molar refractivity (Wildman–Crippen MR) is 53.9 cm³/mol. The second-order valence-corrected chi connectivity index (χ2v) is 3.74. The lowest BCUT2D eigenvalue weighted by Gasteiger charge is -2.22. The third-order valence-corrected chi connectivity index (χ3v) is 2.83. The monoisotopic (exact) mass is 204 g/mol. The number of carbonyl (C=O) groups excluding carboxylic acids is 2. The molecule has 1 aliphatic heterocycles. The van der Waals surface area contributed by atoms with E-state index in [1.807, 2.05) is 12.1 Å². The summed E-state index contributed by atoms with van der Waals surface area (Å²) in [6.07, 6.45) is 4.55. The molecule has 0 bridgehead atoms. The fraction of sp³-hybridized carbons (Fsp3) is 0.364. The lowest BCUT2D eigenvalue weighted by Crippen LogP contribution is -2.24. The van der Waals surface area contributed by atoms with E-state index in [2.05, 4.69) is 4.98 Å². The van der Waals surface area contributed by atoms with Crippen LogP contribution in [0.15, 0.2) is 24.5 Å². The average molecular weight is 204 g/mol. The molecule has 1 amide bonds. The average Bonchev–Trinajstić information content (AvgIpc) is 2.56. The molecule has 1 aromatic rings. The minimum atomic E-state index is -0.244. The van der Waals surface area contributed by atoms with E-state index in [9.17, 15) is 9.59 Å². The van der Waals surface area contributed by atoms with Crippen molar-refractivity contribution in [1.29, 1.82) is 0 Å². The van der Waals surface area contributed by atoms with Crippen LogP contribution in [0.2, 0.25) is 0 Å². The summed E-state index contributed by atoms with van der Waals surface area (Å²) in [6, 6.07) is 3.56. The molecule has 1 fully saturated rings. The minimum absolute atomic E-state index is 0.0148. The fourth-order valence-electron chi connectivity index (χ4n) is 2.04. The number of rotatable bonds is 2. The van der Waals surface area contributed by atoms with Crippen molar-refractivity contribution in [3.8, 4) is 0 Å². The summed E-state index contributed by atoms with van der Waals surface area (Å²) >= 11 is 0. The van der Waals surface area contributed by atoms with E-state index in [-0.39, 0.29) is 17.9 Å². The number of aldehydes is 1. The van der Waals surface area contributed by atoms with Crippen molar-refractivity contribution in [2.24, 2.45) is 5.92 Å². The lowest BCUT2D eigenvalue weighted by atomic mass is 9.96. The van der Waals surface area contributed by atoms with Gasteiger partial charge in [-0.3, -0.25) is 9.78 Å². The van der Waals surface area contributed by atoms with Crippen LogP contribution in [0, 0.1) is 5.92 Å². The second kappa shape index (κ2) is 3.81. The van der Waals surface area contributed by atoms with Crippen molar-refractivity contribution in [3.05, 3.63) is 30.1 Å². The van der Waals surface area contributed by atoms with E-state index >= 15 is 0 Å². The molecule has 2 heterocycles. The maximum absolute atomic E-state index is 11.5. The smallest absolute Gasteiger partial charge is 0.223 e. The Kier molecular flexibility index (Phi) is 2.49. The summed E-state index contributed by atoms with van der Waals surface area (Å²) in [5.74, 6) is -0.229. The van der Waals surface area contributed by atoms with Gasteiger partial charge in [0.05, 0.1) is 6.04 Å². The van der Waals surface area contributed by atoms with Crippen molar-refractivity contribution in [1.82, 2.24) is 9.88 Å². The summed E-state index contributed by atoms with van der Waals surface area (Å²) in [6.45, 7) is 0. The van der Waals surface area contributed by atoms with Crippen LogP contribution >= 0.6 is 0 Å². The van der Waals surface area contributed by atoms with Crippen molar-refractivity contribution >= 4 is 12.2 Å². The second-order valence-electron chi connectivity index (χ2n) is 3.74. The molecule has 2 atom stereocenters. The Morgan fingerprint density at radius 1 is 1.60 bits per heavy atom. The topological polar surface area (TPSA) is 50.3 Å². The van der Waals surface area contributed by atoms with Gasteiger partial charge >= 0.3 is 0 Å². The lowest BCUT2D eigenvalue weighted by molar-refractivity contribution is -0.127. The Bertz CT molecular complexity index is 377. The largest absolute Gasteiger partial charge is 0.338 e. The highest BCUT2D eigenvalue weighted by atomic mass is 16.2. The molecule has 0 spiro atoms. The van der Waals surface area contributed by atoms with E-state index in [1.54, 1.807) is 24.3 Å². The number of hydrogen-bond donors (Lipinski definition) is 0. The quantitative estimate of drug-likeness (QED) is 0.669. The van der Waals surface area contributed by atoms with Crippen LogP contribution < -0.4 is 0 Å². The molecular weight excluding hydrogens is 192 g/mol. The number of pyridine rings is 1. The normalized spacial score (nSPS) is 25.7. The molecule has 0 saturated carbocycles. The van der Waals surface area contributed by atoms with Gasteiger partial charge < -0.3 is 9.69 Å². The summed E-state index contributed by atoms with van der Waals surface area (Å²) < 4.78 is 0. The van der Waals surface area contributed by atoms with E-state index in [0.29, 0.717) is 6.42 Å². The molecule has 15 heavy (non-hydrogen) atoms. The predicted octanol–water partition coefficient (Wildman–Crippen LogP) is 0.800. The number of carbonyl (C=O) groups is 2. The zero-order valence-corrected chi connectivity index (χ0v) is 8.46. The SMILES string of the molecule is CN1C(=O)CC(C=O)C1c1cccnc1. The third-order valence-electron chi connectivity index (χ3n) is 2.83. The Morgan fingerprint density at radius 3 is 3.00 bits per heavy atom.